The summed E-state index contributed by atoms with van der Waals surface area (Å²) >= 11 is 0. The smallest absolute Gasteiger partial charge is 0.431 e. The Hall–Kier alpha value is -1.46. The van der Waals surface area contributed by atoms with Gasteiger partial charge in [0.25, 0.3) is 0 Å². The third kappa shape index (κ3) is 8.53. The van der Waals surface area contributed by atoms with E-state index in [1.807, 2.05) is 41.5 Å². The van der Waals surface area contributed by atoms with Crippen molar-refractivity contribution in [1.82, 2.24) is 0 Å². The Morgan fingerprint density at radius 1 is 0.548 bits per heavy atom. The van der Waals surface area contributed by atoms with Gasteiger partial charge in [-0.15, -0.1) is 0 Å². The van der Waals surface area contributed by atoms with E-state index in [1.54, 1.807) is 0 Å². The van der Waals surface area contributed by atoms with E-state index in [0.29, 0.717) is 11.8 Å². The van der Waals surface area contributed by atoms with Gasteiger partial charge in [-0.1, -0.05) is 13.8 Å². The normalized spacial score (nSPS) is 27.9. The van der Waals surface area contributed by atoms with Crippen molar-refractivity contribution in [2.75, 3.05) is 0 Å². The van der Waals surface area contributed by atoms with E-state index in [1.165, 1.54) is 0 Å². The van der Waals surface area contributed by atoms with Gasteiger partial charge in [0.1, 0.15) is 23.4 Å². The van der Waals surface area contributed by atoms with Gasteiger partial charge in [-0.05, 0) is 110 Å². The van der Waals surface area contributed by atoms with Crippen LogP contribution in [-0.4, -0.2) is 35.7 Å². The minimum atomic E-state index is -0.557. The van der Waals surface area contributed by atoms with Gasteiger partial charge in [-0.3, -0.25) is 0 Å². The van der Waals surface area contributed by atoms with E-state index in [4.69, 9.17) is 18.9 Å². The van der Waals surface area contributed by atoms with Gasteiger partial charge in [0.05, 0.1) is 0 Å². The van der Waals surface area contributed by atoms with Crippen molar-refractivity contribution in [2.24, 2.45) is 17.3 Å². The van der Waals surface area contributed by atoms with E-state index in [-0.39, 0.29) is 17.6 Å². The average Bonchev–Trinajstić information content (AvgIpc) is 2.59. The summed E-state index contributed by atoms with van der Waals surface area (Å²) in [5.74, 6) is 1.22. The number of hydrogen-bond donors (Lipinski definition) is 0. The molecule has 0 aromatic rings. The Morgan fingerprint density at radius 3 is 1.10 bits per heavy atom. The van der Waals surface area contributed by atoms with Crippen molar-refractivity contribution >= 4 is 12.3 Å². The van der Waals surface area contributed by atoms with Crippen LogP contribution in [0.2, 0.25) is 0 Å². The Balaban J connectivity index is 1.77. The van der Waals surface area contributed by atoms with Gasteiger partial charge in [0, 0.05) is 0 Å². The van der Waals surface area contributed by atoms with Crippen LogP contribution in [0.3, 0.4) is 0 Å². The lowest BCUT2D eigenvalue weighted by molar-refractivity contribution is -0.0540. The van der Waals surface area contributed by atoms with E-state index in [2.05, 4.69) is 13.8 Å². The third-order valence-corrected chi connectivity index (χ3v) is 6.76. The average molecular weight is 441 g/mol. The van der Waals surface area contributed by atoms with Gasteiger partial charge in [-0.25, -0.2) is 9.59 Å². The maximum atomic E-state index is 11.9. The highest BCUT2D eigenvalue weighted by Gasteiger charge is 2.41. The van der Waals surface area contributed by atoms with Crippen molar-refractivity contribution in [3.8, 4) is 0 Å². The third-order valence-electron chi connectivity index (χ3n) is 6.76. The van der Waals surface area contributed by atoms with Crippen LogP contribution in [0, 0.1) is 17.3 Å². The molecule has 0 saturated heterocycles. The minimum absolute atomic E-state index is 0.0418. The molecule has 0 unspecified atom stereocenters. The van der Waals surface area contributed by atoms with Crippen molar-refractivity contribution < 1.29 is 28.5 Å². The van der Waals surface area contributed by atoms with E-state index >= 15 is 0 Å². The highest BCUT2D eigenvalue weighted by molar-refractivity contribution is 5.61. The summed E-state index contributed by atoms with van der Waals surface area (Å²) in [5.41, 5.74) is -0.835. The Kier molecular flexibility index (Phi) is 8.32. The summed E-state index contributed by atoms with van der Waals surface area (Å²) in [6, 6.07) is 0. The number of rotatable bonds is 4. The standard InChI is InChI=1S/C25H44O6/c1-23(2,3)30-21(26)28-19-13-9-17(10-14-19)25(7,8)18-11-15-20(16-12-18)29-22(27)31-24(4,5)6/h17-20H,9-16H2,1-8H3. The van der Waals surface area contributed by atoms with Crippen LogP contribution in [0.5, 0.6) is 0 Å². The minimum Gasteiger partial charge on any atom is -0.431 e. The first-order chi connectivity index (χ1) is 14.2. The van der Waals surface area contributed by atoms with Crippen LogP contribution >= 0.6 is 0 Å². The van der Waals surface area contributed by atoms with Gasteiger partial charge in [-0.2, -0.15) is 0 Å². The molecule has 0 N–H and O–H groups in total. The lowest BCUT2D eigenvalue weighted by atomic mass is 9.60. The molecule has 0 amide bonds. The molecule has 31 heavy (non-hydrogen) atoms. The summed E-state index contributed by atoms with van der Waals surface area (Å²) in [5, 5.41) is 0. The Morgan fingerprint density at radius 2 is 0.839 bits per heavy atom. The van der Waals surface area contributed by atoms with Crippen LogP contribution in [-0.2, 0) is 18.9 Å². The second-order valence-corrected chi connectivity index (χ2v) is 11.9. The first kappa shape index (κ1) is 25.8. The van der Waals surface area contributed by atoms with Gasteiger partial charge < -0.3 is 18.9 Å². The number of hydrogen-bond acceptors (Lipinski definition) is 6. The Labute approximate surface area is 188 Å². The zero-order valence-corrected chi connectivity index (χ0v) is 20.9. The molecule has 2 aliphatic rings. The molecule has 0 radical (unpaired) electrons. The molecule has 2 fully saturated rings. The lowest BCUT2D eigenvalue weighted by Gasteiger charge is -2.46. The fraction of sp³-hybridized carbons (Fsp3) is 0.920. The van der Waals surface area contributed by atoms with Crippen molar-refractivity contribution in [2.45, 2.75) is 130 Å². The van der Waals surface area contributed by atoms with E-state index in [9.17, 15) is 9.59 Å². The summed E-state index contributed by atoms with van der Waals surface area (Å²) in [4.78, 5) is 23.9. The molecule has 0 heterocycles. The highest BCUT2D eigenvalue weighted by atomic mass is 16.7. The molecule has 0 aromatic heterocycles. The largest absolute Gasteiger partial charge is 0.509 e. The summed E-state index contributed by atoms with van der Waals surface area (Å²) in [6.07, 6.45) is 6.63. The topological polar surface area (TPSA) is 71.1 Å². The van der Waals surface area contributed by atoms with Crippen LogP contribution in [0.15, 0.2) is 0 Å². The quantitative estimate of drug-likeness (QED) is 0.437. The fourth-order valence-electron chi connectivity index (χ4n) is 5.00. The van der Waals surface area contributed by atoms with Crippen LogP contribution in [0.25, 0.3) is 0 Å². The number of carbonyl (C=O) groups is 2. The maximum Gasteiger partial charge on any atom is 0.509 e. The van der Waals surface area contributed by atoms with Crippen molar-refractivity contribution in [3.05, 3.63) is 0 Å². The van der Waals surface area contributed by atoms with Crippen LogP contribution < -0.4 is 0 Å². The monoisotopic (exact) mass is 440 g/mol. The first-order valence-electron chi connectivity index (χ1n) is 11.9. The molecular formula is C25H44O6. The molecular weight excluding hydrogens is 396 g/mol. The second-order valence-electron chi connectivity index (χ2n) is 11.9. The number of ether oxygens (including phenoxy) is 4. The molecule has 0 spiro atoms. The van der Waals surface area contributed by atoms with Gasteiger partial charge in [0.15, 0.2) is 0 Å². The number of carbonyl (C=O) groups excluding carboxylic acids is 2. The maximum absolute atomic E-state index is 11.9. The molecule has 0 atom stereocenters. The molecule has 0 aliphatic heterocycles. The van der Waals surface area contributed by atoms with Crippen LogP contribution in [0.4, 0.5) is 9.59 Å². The predicted molar refractivity (Wildman–Crippen MR) is 120 cm³/mol. The Bertz CT molecular complexity index is 544. The van der Waals surface area contributed by atoms with Crippen molar-refractivity contribution in [3.63, 3.8) is 0 Å². The fourth-order valence-corrected chi connectivity index (χ4v) is 5.00. The van der Waals surface area contributed by atoms with Crippen LogP contribution in [0.1, 0.15) is 107 Å². The van der Waals surface area contributed by atoms with E-state index in [0.717, 1.165) is 51.4 Å². The zero-order chi connectivity index (χ0) is 23.4. The molecule has 2 aliphatic carbocycles. The van der Waals surface area contributed by atoms with Gasteiger partial charge in [0.2, 0.25) is 0 Å². The molecule has 0 aromatic carbocycles. The lowest BCUT2D eigenvalue weighted by Crippen LogP contribution is -2.40. The van der Waals surface area contributed by atoms with Gasteiger partial charge >= 0.3 is 12.3 Å². The predicted octanol–water partition coefficient (Wildman–Crippen LogP) is 7.03. The van der Waals surface area contributed by atoms with Crippen molar-refractivity contribution in [1.29, 1.82) is 0 Å². The first-order valence-corrected chi connectivity index (χ1v) is 11.9. The molecule has 2 rings (SSSR count). The molecule has 6 heteroatoms. The molecule has 180 valence electrons. The molecule has 6 nitrogen and oxygen atoms in total. The second kappa shape index (κ2) is 9.99. The summed E-state index contributed by atoms with van der Waals surface area (Å²) in [7, 11) is 0. The zero-order valence-electron chi connectivity index (χ0n) is 20.9. The molecule has 0 bridgehead atoms. The highest BCUT2D eigenvalue weighted by Crippen LogP contribution is 2.49. The summed E-state index contributed by atoms with van der Waals surface area (Å²) in [6.45, 7) is 15.9. The van der Waals surface area contributed by atoms with E-state index < -0.39 is 23.5 Å². The summed E-state index contributed by atoms with van der Waals surface area (Å²) < 4.78 is 21.7. The molecule has 2 saturated carbocycles. The SMILES string of the molecule is CC(C)(C)OC(=O)OC1CCC(C(C)(C)C2CCC(OC(=O)OC(C)(C)C)CC2)CC1.